The first-order valence-corrected chi connectivity index (χ1v) is 14.0. The van der Waals surface area contributed by atoms with Crippen molar-refractivity contribution in [3.63, 3.8) is 0 Å². The van der Waals surface area contributed by atoms with Gasteiger partial charge in [0.25, 0.3) is 0 Å². The number of hydrogen-bond donors (Lipinski definition) is 1. The molecule has 0 aliphatic rings. The summed E-state index contributed by atoms with van der Waals surface area (Å²) in [4.78, 5) is -1.07. The first-order chi connectivity index (χ1) is 17.1. The van der Waals surface area contributed by atoms with Gasteiger partial charge in [-0.05, 0) is 54.5 Å². The highest BCUT2D eigenvalue weighted by Crippen LogP contribution is 2.39. The fourth-order valence-corrected chi connectivity index (χ4v) is 5.81. The molecule has 0 aromatic heterocycles. The summed E-state index contributed by atoms with van der Waals surface area (Å²) in [5.41, 5.74) is -2.85. The molecule has 3 nitrogen and oxygen atoms in total. The minimum absolute atomic E-state index is 0.0753. The van der Waals surface area contributed by atoms with Crippen LogP contribution in [0.25, 0.3) is 0 Å². The molecule has 1 unspecified atom stereocenters. The Bertz CT molecular complexity index is 1080. The fraction of sp³-hybridized carbons (Fsp3) is 0.556. The zero-order valence-corrected chi connectivity index (χ0v) is 22.4. The van der Waals surface area contributed by atoms with Gasteiger partial charge >= 0.3 is 12.4 Å². The number of hydrogen-bond acceptors (Lipinski definition) is 2. The minimum atomic E-state index is -5.15. The molecule has 2 aromatic rings. The van der Waals surface area contributed by atoms with Gasteiger partial charge in [-0.1, -0.05) is 77.6 Å². The largest absolute Gasteiger partial charge is 0.416 e. The molecule has 37 heavy (non-hydrogen) atoms. The third-order valence-electron chi connectivity index (χ3n) is 6.76. The minimum Gasteiger partial charge on any atom is -0.207 e. The second-order valence-corrected chi connectivity index (χ2v) is 11.3. The number of alkyl halides is 6. The third kappa shape index (κ3) is 7.96. The van der Waals surface area contributed by atoms with Crippen molar-refractivity contribution in [2.45, 2.75) is 101 Å². The SMILES string of the molecule is CCCCC(CCCC)(NS(=O)(=O)c1cc(C(F)(F)F)cc(C(F)(F)F)c1)c1ccc(C(C)CC)cc1. The molecule has 0 radical (unpaired) electrons. The molecule has 0 aliphatic carbocycles. The summed E-state index contributed by atoms with van der Waals surface area (Å²) < 4.78 is 110. The van der Waals surface area contributed by atoms with E-state index in [0.29, 0.717) is 31.2 Å². The summed E-state index contributed by atoms with van der Waals surface area (Å²) in [6, 6.07) is 7.86. The van der Waals surface area contributed by atoms with Gasteiger partial charge in [0.05, 0.1) is 21.6 Å². The molecule has 0 heterocycles. The Hall–Kier alpha value is -2.07. The van der Waals surface area contributed by atoms with Crippen LogP contribution in [-0.2, 0) is 27.9 Å². The van der Waals surface area contributed by atoms with Crippen LogP contribution in [0.2, 0.25) is 0 Å². The summed E-state index contributed by atoms with van der Waals surface area (Å²) in [6.07, 6.45) is -6.05. The summed E-state index contributed by atoms with van der Waals surface area (Å²) in [7, 11) is -4.77. The lowest BCUT2D eigenvalue weighted by Crippen LogP contribution is -2.46. The Kier molecular flexibility index (Phi) is 10.3. The molecule has 0 saturated carbocycles. The van der Waals surface area contributed by atoms with Crippen LogP contribution in [0.15, 0.2) is 47.4 Å². The van der Waals surface area contributed by atoms with Crippen LogP contribution in [0.3, 0.4) is 0 Å². The molecule has 208 valence electrons. The lowest BCUT2D eigenvalue weighted by Gasteiger charge is -2.36. The van der Waals surface area contributed by atoms with E-state index >= 15 is 0 Å². The standard InChI is InChI=1S/C27H35F6NO2S/c1-5-8-14-25(15-9-6-2,21-12-10-20(11-13-21)19(4)7-3)34-37(35,36)24-17-22(26(28,29)30)16-23(18-24)27(31,32)33/h10-13,16-19,34H,5-9,14-15H2,1-4H3. The maximum Gasteiger partial charge on any atom is 0.416 e. The van der Waals surface area contributed by atoms with Crippen molar-refractivity contribution in [2.75, 3.05) is 0 Å². The van der Waals surface area contributed by atoms with Gasteiger partial charge in [0, 0.05) is 0 Å². The first-order valence-electron chi connectivity index (χ1n) is 12.5. The Balaban J connectivity index is 2.69. The van der Waals surface area contributed by atoms with E-state index in [9.17, 15) is 34.8 Å². The van der Waals surface area contributed by atoms with Crippen LogP contribution in [0, 0.1) is 0 Å². The van der Waals surface area contributed by atoms with E-state index in [2.05, 4.69) is 11.6 Å². The highest BCUT2D eigenvalue weighted by molar-refractivity contribution is 7.89. The van der Waals surface area contributed by atoms with Crippen LogP contribution in [0.4, 0.5) is 26.3 Å². The highest BCUT2D eigenvalue weighted by Gasteiger charge is 2.41. The summed E-state index contributed by atoms with van der Waals surface area (Å²) in [5, 5.41) is 0. The predicted octanol–water partition coefficient (Wildman–Crippen LogP) is 8.79. The van der Waals surface area contributed by atoms with E-state index in [0.717, 1.165) is 24.8 Å². The molecule has 10 heteroatoms. The van der Waals surface area contributed by atoms with E-state index in [-0.39, 0.29) is 24.1 Å². The van der Waals surface area contributed by atoms with Gasteiger partial charge in [-0.3, -0.25) is 0 Å². The van der Waals surface area contributed by atoms with Crippen molar-refractivity contribution in [2.24, 2.45) is 0 Å². The monoisotopic (exact) mass is 551 g/mol. The molecular formula is C27H35F6NO2S. The number of benzene rings is 2. The molecule has 1 N–H and O–H groups in total. The molecule has 2 rings (SSSR count). The summed E-state index contributed by atoms with van der Waals surface area (Å²) >= 11 is 0. The normalized spacial score (nSPS) is 14.1. The van der Waals surface area contributed by atoms with Crippen LogP contribution in [0.1, 0.15) is 101 Å². The summed E-state index contributed by atoms with van der Waals surface area (Å²) in [5.74, 6) is 0.275. The smallest absolute Gasteiger partial charge is 0.207 e. The van der Waals surface area contributed by atoms with Crippen LogP contribution in [-0.4, -0.2) is 8.42 Å². The van der Waals surface area contributed by atoms with E-state index in [1.165, 1.54) is 0 Å². The Morgan fingerprint density at radius 3 is 1.59 bits per heavy atom. The van der Waals surface area contributed by atoms with E-state index < -0.39 is 43.9 Å². The molecule has 0 spiro atoms. The van der Waals surface area contributed by atoms with Crippen molar-refractivity contribution >= 4 is 10.0 Å². The molecule has 0 amide bonds. The van der Waals surface area contributed by atoms with Gasteiger partial charge in [-0.15, -0.1) is 0 Å². The van der Waals surface area contributed by atoms with E-state index in [1.807, 2.05) is 45.0 Å². The first kappa shape index (κ1) is 31.1. The second-order valence-electron chi connectivity index (χ2n) is 9.57. The fourth-order valence-electron chi connectivity index (χ4n) is 4.30. The van der Waals surface area contributed by atoms with E-state index in [1.54, 1.807) is 0 Å². The second kappa shape index (κ2) is 12.2. The number of unbranched alkanes of at least 4 members (excludes halogenated alkanes) is 2. The number of rotatable bonds is 12. The van der Waals surface area contributed by atoms with Gasteiger partial charge in [-0.25, -0.2) is 13.1 Å². The molecule has 0 bridgehead atoms. The van der Waals surface area contributed by atoms with Gasteiger partial charge in [-0.2, -0.15) is 26.3 Å². The van der Waals surface area contributed by atoms with Gasteiger partial charge in [0.15, 0.2) is 0 Å². The molecule has 0 aliphatic heterocycles. The van der Waals surface area contributed by atoms with Gasteiger partial charge < -0.3 is 0 Å². The third-order valence-corrected chi connectivity index (χ3v) is 8.28. The number of nitrogens with one attached hydrogen (secondary N) is 1. The number of sulfonamides is 1. The molecular weight excluding hydrogens is 516 g/mol. The van der Waals surface area contributed by atoms with Crippen LogP contribution < -0.4 is 4.72 Å². The maximum atomic E-state index is 13.5. The van der Waals surface area contributed by atoms with E-state index in [4.69, 9.17) is 0 Å². The topological polar surface area (TPSA) is 46.2 Å². The maximum absolute atomic E-state index is 13.5. The summed E-state index contributed by atoms with van der Waals surface area (Å²) in [6.45, 7) is 7.95. The molecule has 0 fully saturated rings. The molecule has 0 saturated heterocycles. The Morgan fingerprint density at radius 2 is 1.22 bits per heavy atom. The van der Waals surface area contributed by atoms with Crippen LogP contribution in [0.5, 0.6) is 0 Å². The van der Waals surface area contributed by atoms with Crippen LogP contribution >= 0.6 is 0 Å². The quantitative estimate of drug-likeness (QED) is 0.268. The average Bonchev–Trinajstić information content (AvgIpc) is 2.84. The molecule has 1 atom stereocenters. The van der Waals surface area contributed by atoms with Crippen molar-refractivity contribution in [3.8, 4) is 0 Å². The lowest BCUT2D eigenvalue weighted by molar-refractivity contribution is -0.143. The average molecular weight is 552 g/mol. The zero-order chi connectivity index (χ0) is 28.1. The zero-order valence-electron chi connectivity index (χ0n) is 21.6. The van der Waals surface area contributed by atoms with Crippen molar-refractivity contribution in [3.05, 3.63) is 64.7 Å². The van der Waals surface area contributed by atoms with Gasteiger partial charge in [0.1, 0.15) is 0 Å². The van der Waals surface area contributed by atoms with Crippen molar-refractivity contribution in [1.82, 2.24) is 4.72 Å². The van der Waals surface area contributed by atoms with Crippen molar-refractivity contribution in [1.29, 1.82) is 0 Å². The lowest BCUT2D eigenvalue weighted by atomic mass is 9.81. The highest BCUT2D eigenvalue weighted by atomic mass is 32.2. The predicted molar refractivity (Wildman–Crippen MR) is 133 cm³/mol. The molecule has 2 aromatic carbocycles. The van der Waals surface area contributed by atoms with Crippen molar-refractivity contribution < 1.29 is 34.8 Å². The Morgan fingerprint density at radius 1 is 0.757 bits per heavy atom. The van der Waals surface area contributed by atoms with Gasteiger partial charge in [0.2, 0.25) is 10.0 Å². The number of halogens is 6. The Labute approximate surface area is 215 Å².